The molecule has 0 radical (unpaired) electrons. The van der Waals surface area contributed by atoms with E-state index in [4.69, 9.17) is 4.74 Å². The van der Waals surface area contributed by atoms with Crippen molar-refractivity contribution in [3.63, 3.8) is 0 Å². The van der Waals surface area contributed by atoms with E-state index in [-0.39, 0.29) is 24.3 Å². The lowest BCUT2D eigenvalue weighted by molar-refractivity contribution is -0.0102. The molecule has 0 fully saturated rings. The molecule has 1 rings (SSSR count). The van der Waals surface area contributed by atoms with Gasteiger partial charge in [-0.15, -0.1) is 0 Å². The summed E-state index contributed by atoms with van der Waals surface area (Å²) in [6.07, 6.45) is 0. The molecule has 3 heteroatoms. The Labute approximate surface area is 104 Å². The molecule has 2 atom stereocenters. The summed E-state index contributed by atoms with van der Waals surface area (Å²) < 4.78 is 5.44. The van der Waals surface area contributed by atoms with Crippen molar-refractivity contribution in [2.75, 3.05) is 13.7 Å². The minimum Gasteiger partial charge on any atom is -0.394 e. The number of rotatable bonds is 6. The van der Waals surface area contributed by atoms with Gasteiger partial charge >= 0.3 is 0 Å². The smallest absolute Gasteiger partial charge is 0.0772 e. The first-order valence-corrected chi connectivity index (χ1v) is 5.98. The van der Waals surface area contributed by atoms with Gasteiger partial charge in [0.05, 0.1) is 18.2 Å². The number of aliphatic hydroxyl groups excluding tert-OH is 1. The summed E-state index contributed by atoms with van der Waals surface area (Å²) >= 11 is 0. The maximum Gasteiger partial charge on any atom is 0.0772 e. The fraction of sp³-hybridized carbons (Fsp3) is 0.571. The first-order valence-electron chi connectivity index (χ1n) is 5.98. The van der Waals surface area contributed by atoms with Crippen LogP contribution >= 0.6 is 0 Å². The van der Waals surface area contributed by atoms with Gasteiger partial charge in [-0.1, -0.05) is 30.3 Å². The topological polar surface area (TPSA) is 41.5 Å². The van der Waals surface area contributed by atoms with Gasteiger partial charge in [-0.05, 0) is 26.3 Å². The van der Waals surface area contributed by atoms with Gasteiger partial charge in [-0.25, -0.2) is 0 Å². The molecule has 2 N–H and O–H groups in total. The van der Waals surface area contributed by atoms with E-state index in [0.29, 0.717) is 0 Å². The summed E-state index contributed by atoms with van der Waals surface area (Å²) in [5.41, 5.74) is 0.830. The largest absolute Gasteiger partial charge is 0.394 e. The zero-order valence-electron chi connectivity index (χ0n) is 11.1. The van der Waals surface area contributed by atoms with Crippen molar-refractivity contribution in [2.24, 2.45) is 0 Å². The Hall–Kier alpha value is -0.900. The second kappa shape index (κ2) is 6.15. The molecule has 0 bridgehead atoms. The Morgan fingerprint density at radius 3 is 2.35 bits per heavy atom. The van der Waals surface area contributed by atoms with Gasteiger partial charge in [0.1, 0.15) is 0 Å². The maximum atomic E-state index is 9.46. The molecule has 0 saturated heterocycles. The van der Waals surface area contributed by atoms with E-state index in [1.807, 2.05) is 44.2 Å². The highest BCUT2D eigenvalue weighted by molar-refractivity contribution is 5.19. The Morgan fingerprint density at radius 2 is 1.88 bits per heavy atom. The van der Waals surface area contributed by atoms with Crippen LogP contribution in [0.25, 0.3) is 0 Å². The van der Waals surface area contributed by atoms with Crippen LogP contribution in [0.3, 0.4) is 0 Å². The van der Waals surface area contributed by atoms with Gasteiger partial charge in [-0.2, -0.15) is 0 Å². The number of ether oxygens (including phenoxy) is 1. The van der Waals surface area contributed by atoms with Gasteiger partial charge < -0.3 is 15.2 Å². The second-order valence-electron chi connectivity index (χ2n) is 4.84. The fourth-order valence-electron chi connectivity index (χ4n) is 1.62. The van der Waals surface area contributed by atoms with E-state index >= 15 is 0 Å². The molecular weight excluding hydrogens is 214 g/mol. The number of hydrogen-bond donors (Lipinski definition) is 2. The molecule has 0 aliphatic rings. The van der Waals surface area contributed by atoms with Crippen molar-refractivity contribution in [3.8, 4) is 0 Å². The van der Waals surface area contributed by atoms with Crippen molar-refractivity contribution in [1.82, 2.24) is 5.32 Å². The van der Waals surface area contributed by atoms with Crippen molar-refractivity contribution in [2.45, 2.75) is 38.5 Å². The molecule has 0 aromatic heterocycles. The Balaban J connectivity index is 2.71. The Kier molecular flexibility index (Phi) is 5.12. The molecule has 0 saturated carbocycles. The van der Waals surface area contributed by atoms with Crippen molar-refractivity contribution in [1.29, 1.82) is 0 Å². The second-order valence-corrected chi connectivity index (χ2v) is 4.84. The zero-order valence-corrected chi connectivity index (χ0v) is 11.1. The molecule has 17 heavy (non-hydrogen) atoms. The molecule has 0 aliphatic carbocycles. The van der Waals surface area contributed by atoms with E-state index < -0.39 is 0 Å². The van der Waals surface area contributed by atoms with Crippen LogP contribution in [-0.4, -0.2) is 30.5 Å². The highest BCUT2D eigenvalue weighted by Gasteiger charge is 2.27. The predicted octanol–water partition coefficient (Wildman–Crippen LogP) is 2.12. The van der Waals surface area contributed by atoms with Crippen molar-refractivity contribution in [3.05, 3.63) is 35.9 Å². The molecule has 0 aliphatic heterocycles. The Bertz CT molecular complexity index is 324. The molecule has 0 amide bonds. The molecule has 2 unspecified atom stereocenters. The van der Waals surface area contributed by atoms with Crippen molar-refractivity contribution >= 4 is 0 Å². The average Bonchev–Trinajstić information content (AvgIpc) is 2.36. The van der Waals surface area contributed by atoms with Crippen LogP contribution in [0.2, 0.25) is 0 Å². The minimum absolute atomic E-state index is 0.0550. The van der Waals surface area contributed by atoms with Gasteiger partial charge in [0, 0.05) is 13.2 Å². The lowest BCUT2D eigenvalue weighted by Crippen LogP contribution is -2.48. The lowest BCUT2D eigenvalue weighted by Gasteiger charge is -2.34. The third kappa shape index (κ3) is 3.80. The van der Waals surface area contributed by atoms with Gasteiger partial charge in [-0.3, -0.25) is 0 Å². The molecule has 3 nitrogen and oxygen atoms in total. The molecule has 0 heterocycles. The number of aliphatic hydroxyl groups is 1. The standard InChI is InChI=1S/C14H23NO2/c1-11(14(2,3)17-4)15-13(10-16)12-8-6-5-7-9-12/h5-9,11,13,15-16H,10H2,1-4H3. The third-order valence-corrected chi connectivity index (χ3v) is 3.40. The highest BCUT2D eigenvalue weighted by atomic mass is 16.5. The maximum absolute atomic E-state index is 9.46. The van der Waals surface area contributed by atoms with E-state index in [1.165, 1.54) is 0 Å². The fourth-order valence-corrected chi connectivity index (χ4v) is 1.62. The molecule has 1 aromatic rings. The SMILES string of the molecule is COC(C)(C)C(C)NC(CO)c1ccccc1. The van der Waals surface area contributed by atoms with Gasteiger partial charge in [0.2, 0.25) is 0 Å². The molecule has 96 valence electrons. The van der Waals surface area contributed by atoms with Crippen LogP contribution in [0.1, 0.15) is 32.4 Å². The first kappa shape index (κ1) is 14.2. The van der Waals surface area contributed by atoms with Gasteiger partial charge in [0.15, 0.2) is 0 Å². The van der Waals surface area contributed by atoms with E-state index in [9.17, 15) is 5.11 Å². The summed E-state index contributed by atoms with van der Waals surface area (Å²) in [7, 11) is 1.70. The third-order valence-electron chi connectivity index (χ3n) is 3.40. The van der Waals surface area contributed by atoms with Gasteiger partial charge in [0.25, 0.3) is 0 Å². The quantitative estimate of drug-likeness (QED) is 0.796. The number of benzene rings is 1. The van der Waals surface area contributed by atoms with E-state index in [0.717, 1.165) is 5.56 Å². The van der Waals surface area contributed by atoms with Crippen LogP contribution in [-0.2, 0) is 4.74 Å². The summed E-state index contributed by atoms with van der Waals surface area (Å²) in [5, 5.41) is 12.9. The first-order chi connectivity index (χ1) is 8.01. The number of nitrogens with one attached hydrogen (secondary N) is 1. The monoisotopic (exact) mass is 237 g/mol. The Morgan fingerprint density at radius 1 is 1.29 bits per heavy atom. The van der Waals surface area contributed by atoms with Crippen LogP contribution in [0.4, 0.5) is 0 Å². The molecular formula is C14H23NO2. The number of methoxy groups -OCH3 is 1. The van der Waals surface area contributed by atoms with Crippen LogP contribution in [0.5, 0.6) is 0 Å². The van der Waals surface area contributed by atoms with Crippen LogP contribution in [0, 0.1) is 0 Å². The molecule has 0 spiro atoms. The average molecular weight is 237 g/mol. The summed E-state index contributed by atoms with van der Waals surface area (Å²) in [6, 6.07) is 10.0. The summed E-state index contributed by atoms with van der Waals surface area (Å²) in [6.45, 7) is 6.21. The van der Waals surface area contributed by atoms with E-state index in [2.05, 4.69) is 12.2 Å². The predicted molar refractivity (Wildman–Crippen MR) is 70.0 cm³/mol. The number of hydrogen-bond acceptors (Lipinski definition) is 3. The lowest BCUT2D eigenvalue weighted by atomic mass is 9.98. The molecule has 1 aromatic carbocycles. The minimum atomic E-state index is -0.262. The van der Waals surface area contributed by atoms with Crippen LogP contribution < -0.4 is 5.32 Å². The van der Waals surface area contributed by atoms with Crippen LogP contribution in [0.15, 0.2) is 30.3 Å². The van der Waals surface area contributed by atoms with Crippen molar-refractivity contribution < 1.29 is 9.84 Å². The normalized spacial score (nSPS) is 15.6. The van der Waals surface area contributed by atoms with E-state index in [1.54, 1.807) is 7.11 Å². The highest BCUT2D eigenvalue weighted by Crippen LogP contribution is 2.18. The zero-order chi connectivity index (χ0) is 12.9. The summed E-state index contributed by atoms with van der Waals surface area (Å²) in [5.74, 6) is 0. The summed E-state index contributed by atoms with van der Waals surface area (Å²) in [4.78, 5) is 0.